The Bertz CT molecular complexity index is 152. The number of hydrogen-bond acceptors (Lipinski definition) is 3. The van der Waals surface area contributed by atoms with E-state index in [4.69, 9.17) is 5.73 Å². The predicted octanol–water partition coefficient (Wildman–Crippen LogP) is 1.19. The summed E-state index contributed by atoms with van der Waals surface area (Å²) in [7, 11) is 0. The van der Waals surface area contributed by atoms with Crippen LogP contribution in [0.3, 0.4) is 0 Å². The van der Waals surface area contributed by atoms with Gasteiger partial charge in [0.15, 0.2) is 0 Å². The van der Waals surface area contributed by atoms with Gasteiger partial charge in [-0.05, 0) is 13.3 Å². The van der Waals surface area contributed by atoms with Gasteiger partial charge in [0, 0.05) is 11.8 Å². The maximum atomic E-state index is 10.7. The second-order valence-corrected chi connectivity index (χ2v) is 2.22. The highest BCUT2D eigenvalue weighted by Gasteiger charge is 1.96. The van der Waals surface area contributed by atoms with Gasteiger partial charge in [-0.2, -0.15) is 0 Å². The molecule has 0 heterocycles. The minimum absolute atomic E-state index is 0.349. The lowest BCUT2D eigenvalue weighted by Crippen LogP contribution is -2.05. The first kappa shape index (κ1) is 10.0. The van der Waals surface area contributed by atoms with Crippen LogP contribution in [0.1, 0.15) is 26.7 Å². The summed E-state index contributed by atoms with van der Waals surface area (Å²) in [6, 6.07) is 0. The van der Waals surface area contributed by atoms with Gasteiger partial charge < -0.3 is 10.5 Å². The molecule has 0 unspecified atom stereocenters. The largest absolute Gasteiger partial charge is 0.463 e. The summed E-state index contributed by atoms with van der Waals surface area (Å²) in [5, 5.41) is 0. The molecule has 0 aliphatic heterocycles. The van der Waals surface area contributed by atoms with E-state index in [9.17, 15) is 4.79 Å². The SMILES string of the molecule is CCCC(N)=CC(=O)OCC. The van der Waals surface area contributed by atoms with Gasteiger partial charge in [0.1, 0.15) is 0 Å². The van der Waals surface area contributed by atoms with Crippen molar-refractivity contribution in [3.05, 3.63) is 11.8 Å². The van der Waals surface area contributed by atoms with Crippen LogP contribution < -0.4 is 5.73 Å². The zero-order valence-corrected chi connectivity index (χ0v) is 7.09. The van der Waals surface area contributed by atoms with Crippen molar-refractivity contribution in [2.24, 2.45) is 5.73 Å². The third-order valence-corrected chi connectivity index (χ3v) is 1.13. The molecule has 0 aliphatic rings. The Balaban J connectivity index is 3.76. The second kappa shape index (κ2) is 5.77. The number of nitrogens with two attached hydrogens (primary N) is 1. The van der Waals surface area contributed by atoms with Crippen LogP contribution >= 0.6 is 0 Å². The lowest BCUT2D eigenvalue weighted by molar-refractivity contribution is -0.137. The van der Waals surface area contributed by atoms with Crippen LogP contribution in [0.25, 0.3) is 0 Å². The average Bonchev–Trinajstić information content (AvgIpc) is 1.87. The van der Waals surface area contributed by atoms with Crippen LogP contribution in [0.2, 0.25) is 0 Å². The molecule has 3 nitrogen and oxygen atoms in total. The summed E-state index contributed by atoms with van der Waals surface area (Å²) in [6.07, 6.45) is 3.04. The van der Waals surface area contributed by atoms with Crippen molar-refractivity contribution in [3.63, 3.8) is 0 Å². The van der Waals surface area contributed by atoms with Crippen molar-refractivity contribution in [2.45, 2.75) is 26.7 Å². The molecule has 0 aromatic carbocycles. The van der Waals surface area contributed by atoms with E-state index in [1.54, 1.807) is 6.92 Å². The van der Waals surface area contributed by atoms with Crippen LogP contribution in [0, 0.1) is 0 Å². The Morgan fingerprint density at radius 3 is 2.64 bits per heavy atom. The monoisotopic (exact) mass is 157 g/mol. The maximum absolute atomic E-state index is 10.7. The molecule has 0 radical (unpaired) electrons. The van der Waals surface area contributed by atoms with Gasteiger partial charge in [-0.15, -0.1) is 0 Å². The molecule has 0 spiro atoms. The predicted molar refractivity (Wildman–Crippen MR) is 43.8 cm³/mol. The first-order valence-electron chi connectivity index (χ1n) is 3.83. The molecule has 0 aromatic rings. The van der Waals surface area contributed by atoms with E-state index in [1.165, 1.54) is 6.08 Å². The maximum Gasteiger partial charge on any atom is 0.332 e. The van der Waals surface area contributed by atoms with Crippen LogP contribution in [0.5, 0.6) is 0 Å². The highest BCUT2D eigenvalue weighted by atomic mass is 16.5. The molecule has 0 aromatic heterocycles. The molecule has 0 saturated heterocycles. The highest BCUT2D eigenvalue weighted by Crippen LogP contribution is 1.96. The second-order valence-electron chi connectivity index (χ2n) is 2.22. The van der Waals surface area contributed by atoms with Crippen LogP contribution in [0.4, 0.5) is 0 Å². The van der Waals surface area contributed by atoms with Crippen molar-refractivity contribution in [1.29, 1.82) is 0 Å². The van der Waals surface area contributed by atoms with E-state index in [1.807, 2.05) is 6.92 Å². The molecular weight excluding hydrogens is 142 g/mol. The molecule has 0 fully saturated rings. The zero-order valence-electron chi connectivity index (χ0n) is 7.09. The van der Waals surface area contributed by atoms with E-state index >= 15 is 0 Å². The Morgan fingerprint density at radius 1 is 1.55 bits per heavy atom. The third kappa shape index (κ3) is 5.45. The van der Waals surface area contributed by atoms with Crippen molar-refractivity contribution in [2.75, 3.05) is 6.61 Å². The summed E-state index contributed by atoms with van der Waals surface area (Å²) in [5.41, 5.74) is 6.06. The summed E-state index contributed by atoms with van der Waals surface area (Å²) in [5.74, 6) is -0.349. The average molecular weight is 157 g/mol. The van der Waals surface area contributed by atoms with E-state index in [2.05, 4.69) is 4.74 Å². The van der Waals surface area contributed by atoms with Crippen molar-refractivity contribution in [3.8, 4) is 0 Å². The van der Waals surface area contributed by atoms with E-state index < -0.39 is 0 Å². The quantitative estimate of drug-likeness (QED) is 0.492. The van der Waals surface area contributed by atoms with Crippen LogP contribution in [-0.2, 0) is 9.53 Å². The normalized spacial score (nSPS) is 11.3. The molecule has 0 atom stereocenters. The fourth-order valence-electron chi connectivity index (χ4n) is 0.696. The molecule has 0 amide bonds. The summed E-state index contributed by atoms with van der Waals surface area (Å²) >= 11 is 0. The molecule has 64 valence electrons. The number of rotatable bonds is 4. The Morgan fingerprint density at radius 2 is 2.18 bits per heavy atom. The van der Waals surface area contributed by atoms with Gasteiger partial charge in [-0.25, -0.2) is 4.79 Å². The standard InChI is InChI=1S/C8H15NO2/c1-3-5-7(9)6-8(10)11-4-2/h6H,3-5,9H2,1-2H3. The summed E-state index contributed by atoms with van der Waals surface area (Å²) in [4.78, 5) is 10.7. The van der Waals surface area contributed by atoms with Gasteiger partial charge in [-0.3, -0.25) is 0 Å². The first-order chi connectivity index (χ1) is 5.20. The van der Waals surface area contributed by atoms with Gasteiger partial charge in [0.25, 0.3) is 0 Å². The Labute approximate surface area is 67.2 Å². The number of esters is 1. The fourth-order valence-corrected chi connectivity index (χ4v) is 0.696. The Hall–Kier alpha value is -0.990. The smallest absolute Gasteiger partial charge is 0.332 e. The van der Waals surface area contributed by atoms with Crippen molar-refractivity contribution in [1.82, 2.24) is 0 Å². The summed E-state index contributed by atoms with van der Waals surface area (Å²) in [6.45, 7) is 4.17. The van der Waals surface area contributed by atoms with Crippen LogP contribution in [-0.4, -0.2) is 12.6 Å². The molecule has 3 heteroatoms. The number of hydrogen-bond donors (Lipinski definition) is 1. The minimum atomic E-state index is -0.349. The number of carbonyl (C=O) groups excluding carboxylic acids is 1. The summed E-state index contributed by atoms with van der Waals surface area (Å²) < 4.78 is 4.66. The number of carbonyl (C=O) groups is 1. The molecule has 0 bridgehead atoms. The number of allylic oxidation sites excluding steroid dienone is 1. The fraction of sp³-hybridized carbons (Fsp3) is 0.625. The lowest BCUT2D eigenvalue weighted by atomic mass is 10.2. The van der Waals surface area contributed by atoms with Gasteiger partial charge in [0.05, 0.1) is 6.61 Å². The van der Waals surface area contributed by atoms with E-state index in [0.29, 0.717) is 12.3 Å². The zero-order chi connectivity index (χ0) is 8.69. The Kier molecular flexibility index (Phi) is 5.25. The van der Waals surface area contributed by atoms with Gasteiger partial charge in [-0.1, -0.05) is 13.3 Å². The van der Waals surface area contributed by atoms with Gasteiger partial charge in [0.2, 0.25) is 0 Å². The van der Waals surface area contributed by atoms with Gasteiger partial charge >= 0.3 is 5.97 Å². The molecule has 11 heavy (non-hydrogen) atoms. The number of ether oxygens (including phenoxy) is 1. The van der Waals surface area contributed by atoms with E-state index in [0.717, 1.165) is 12.8 Å². The topological polar surface area (TPSA) is 52.3 Å². The molecule has 0 saturated carbocycles. The van der Waals surface area contributed by atoms with Crippen molar-refractivity contribution < 1.29 is 9.53 Å². The minimum Gasteiger partial charge on any atom is -0.463 e. The van der Waals surface area contributed by atoms with Crippen LogP contribution in [0.15, 0.2) is 11.8 Å². The first-order valence-corrected chi connectivity index (χ1v) is 3.83. The molecule has 0 rings (SSSR count). The molecular formula is C8H15NO2. The molecule has 2 N–H and O–H groups in total. The molecule has 0 aliphatic carbocycles. The third-order valence-electron chi connectivity index (χ3n) is 1.13. The van der Waals surface area contributed by atoms with E-state index in [-0.39, 0.29) is 5.97 Å². The lowest BCUT2D eigenvalue weighted by Gasteiger charge is -1.98. The van der Waals surface area contributed by atoms with Crippen molar-refractivity contribution >= 4 is 5.97 Å². The highest BCUT2D eigenvalue weighted by molar-refractivity contribution is 5.82.